The predicted octanol–water partition coefficient (Wildman–Crippen LogP) is 2.11. The summed E-state index contributed by atoms with van der Waals surface area (Å²) in [5, 5.41) is 22.0. The Morgan fingerprint density at radius 2 is 2.06 bits per heavy atom. The van der Waals surface area contributed by atoms with Crippen molar-refractivity contribution in [2.24, 2.45) is 0 Å². The zero-order valence-corrected chi connectivity index (χ0v) is 16.6. The van der Waals surface area contributed by atoms with Crippen LogP contribution in [0.3, 0.4) is 0 Å². The van der Waals surface area contributed by atoms with Gasteiger partial charge in [0.1, 0.15) is 6.04 Å². The van der Waals surface area contributed by atoms with E-state index < -0.39 is 12.1 Å². The molecule has 156 valence electrons. The minimum atomic E-state index is -0.778. The summed E-state index contributed by atoms with van der Waals surface area (Å²) in [7, 11) is 0. The molecule has 0 aliphatic carbocycles. The van der Waals surface area contributed by atoms with Crippen molar-refractivity contribution >= 4 is 11.8 Å². The number of amides is 2. The van der Waals surface area contributed by atoms with Crippen LogP contribution in [-0.2, 0) is 11.3 Å². The number of β-amino-alcohol motifs (C(OH)–C–C–N with tert-alkyl or cyclic N) is 1. The van der Waals surface area contributed by atoms with Crippen molar-refractivity contribution in [1.82, 2.24) is 15.2 Å². The van der Waals surface area contributed by atoms with Gasteiger partial charge >= 0.3 is 0 Å². The van der Waals surface area contributed by atoms with Crippen LogP contribution in [0.5, 0.6) is 0 Å². The van der Waals surface area contributed by atoms with E-state index in [2.05, 4.69) is 10.3 Å². The van der Waals surface area contributed by atoms with E-state index in [1.165, 1.54) is 17.4 Å². The van der Waals surface area contributed by atoms with Crippen LogP contribution in [0.1, 0.15) is 27.9 Å². The number of carbonyl (C=O) groups excluding carboxylic acids is 2. The number of carbonyl (C=O) groups is 2. The number of aliphatic hydroxyl groups excluding tert-OH is 1. The number of oxazole rings is 1. The summed E-state index contributed by atoms with van der Waals surface area (Å²) in [6.07, 6.45) is 2.38. The third kappa shape index (κ3) is 4.47. The number of hydrogen-bond acceptors (Lipinski definition) is 6. The standard InChI is InChI=1S/C23H20N4O4/c24-10-16-2-1-3-18(8-16)23(30)27-13-19(28)9-20(27)22(29)26-11-15-4-6-17(7-5-15)21-12-25-14-31-21/h1-8,12,14,19-20,28H,9,11,13H2,(H,26,29)/t19-,20+/m1/s1. The van der Waals surface area contributed by atoms with Crippen molar-refractivity contribution in [3.05, 3.63) is 77.8 Å². The molecule has 8 nitrogen and oxygen atoms in total. The number of nitrogens with one attached hydrogen (secondary N) is 1. The van der Waals surface area contributed by atoms with E-state index in [0.717, 1.165) is 11.1 Å². The van der Waals surface area contributed by atoms with E-state index in [1.54, 1.807) is 24.4 Å². The molecule has 0 bridgehead atoms. The van der Waals surface area contributed by atoms with E-state index in [-0.39, 0.29) is 31.3 Å². The highest BCUT2D eigenvalue weighted by molar-refractivity contribution is 5.98. The van der Waals surface area contributed by atoms with Crippen molar-refractivity contribution in [2.45, 2.75) is 25.1 Å². The Balaban J connectivity index is 1.42. The van der Waals surface area contributed by atoms with Crippen molar-refractivity contribution in [2.75, 3.05) is 6.54 Å². The van der Waals surface area contributed by atoms with E-state index >= 15 is 0 Å². The molecule has 3 aromatic rings. The van der Waals surface area contributed by atoms with Gasteiger partial charge in [0, 0.05) is 30.6 Å². The first kappa shape index (κ1) is 20.3. The SMILES string of the molecule is N#Cc1cccc(C(=O)N2C[C@H](O)C[C@H]2C(=O)NCc2ccc(-c3cnco3)cc2)c1. The summed E-state index contributed by atoms with van der Waals surface area (Å²) in [6.45, 7) is 0.355. The second-order valence-corrected chi connectivity index (χ2v) is 7.34. The fourth-order valence-electron chi connectivity index (χ4n) is 3.63. The van der Waals surface area contributed by atoms with Gasteiger partial charge < -0.3 is 19.7 Å². The Morgan fingerprint density at radius 3 is 2.77 bits per heavy atom. The van der Waals surface area contributed by atoms with Gasteiger partial charge in [-0.25, -0.2) is 4.98 Å². The van der Waals surface area contributed by atoms with Crippen LogP contribution in [-0.4, -0.2) is 45.5 Å². The number of nitriles is 1. The Morgan fingerprint density at radius 1 is 1.26 bits per heavy atom. The summed E-state index contributed by atoms with van der Waals surface area (Å²) in [4.78, 5) is 31.0. The molecule has 0 unspecified atom stereocenters. The van der Waals surface area contributed by atoms with Crippen LogP contribution in [0, 0.1) is 11.3 Å². The van der Waals surface area contributed by atoms with E-state index in [0.29, 0.717) is 16.9 Å². The molecular weight excluding hydrogens is 396 g/mol. The van der Waals surface area contributed by atoms with E-state index in [9.17, 15) is 14.7 Å². The summed E-state index contributed by atoms with van der Waals surface area (Å²) >= 11 is 0. The number of likely N-dealkylation sites (tertiary alicyclic amines) is 1. The van der Waals surface area contributed by atoms with E-state index in [1.807, 2.05) is 30.3 Å². The zero-order valence-electron chi connectivity index (χ0n) is 16.6. The molecule has 4 rings (SSSR count). The Bertz CT molecular complexity index is 1120. The Hall–Kier alpha value is -3.96. The minimum Gasteiger partial charge on any atom is -0.444 e. The minimum absolute atomic E-state index is 0.0690. The molecule has 1 saturated heterocycles. The Kier molecular flexibility index (Phi) is 5.78. The first-order valence-corrected chi connectivity index (χ1v) is 9.80. The zero-order chi connectivity index (χ0) is 21.8. The molecule has 0 radical (unpaired) electrons. The summed E-state index contributed by atoms with van der Waals surface area (Å²) in [5.41, 5.74) is 2.44. The molecule has 0 saturated carbocycles. The number of benzene rings is 2. The van der Waals surface area contributed by atoms with Crippen LogP contribution in [0.4, 0.5) is 0 Å². The quantitative estimate of drug-likeness (QED) is 0.657. The van der Waals surface area contributed by atoms with Gasteiger partial charge in [0.25, 0.3) is 5.91 Å². The molecule has 1 aromatic heterocycles. The molecule has 1 aliphatic heterocycles. The lowest BCUT2D eigenvalue weighted by Crippen LogP contribution is -2.45. The molecule has 8 heteroatoms. The monoisotopic (exact) mass is 416 g/mol. The first-order valence-electron chi connectivity index (χ1n) is 9.80. The molecule has 2 heterocycles. The fourth-order valence-corrected chi connectivity index (χ4v) is 3.63. The Labute approximate surface area is 178 Å². The largest absolute Gasteiger partial charge is 0.444 e. The average Bonchev–Trinajstić information content (AvgIpc) is 3.47. The van der Waals surface area contributed by atoms with Crippen molar-refractivity contribution < 1.29 is 19.1 Å². The second-order valence-electron chi connectivity index (χ2n) is 7.34. The molecule has 31 heavy (non-hydrogen) atoms. The number of aromatic nitrogens is 1. The third-order valence-corrected chi connectivity index (χ3v) is 5.22. The van der Waals surface area contributed by atoms with Gasteiger partial charge in [-0.3, -0.25) is 9.59 Å². The van der Waals surface area contributed by atoms with Gasteiger partial charge in [-0.1, -0.05) is 30.3 Å². The topological polar surface area (TPSA) is 119 Å². The number of hydrogen-bond donors (Lipinski definition) is 2. The van der Waals surface area contributed by atoms with Gasteiger partial charge in [0.2, 0.25) is 5.91 Å². The highest BCUT2D eigenvalue weighted by atomic mass is 16.3. The molecule has 2 aromatic carbocycles. The highest BCUT2D eigenvalue weighted by Crippen LogP contribution is 2.22. The summed E-state index contributed by atoms with van der Waals surface area (Å²) in [5.74, 6) is -0.0593. The molecule has 1 fully saturated rings. The summed E-state index contributed by atoms with van der Waals surface area (Å²) < 4.78 is 5.26. The van der Waals surface area contributed by atoms with Crippen LogP contribution >= 0.6 is 0 Å². The van der Waals surface area contributed by atoms with Gasteiger partial charge in [-0.15, -0.1) is 0 Å². The highest BCUT2D eigenvalue weighted by Gasteiger charge is 2.39. The van der Waals surface area contributed by atoms with Gasteiger partial charge in [0.05, 0.1) is 23.9 Å². The van der Waals surface area contributed by atoms with Crippen LogP contribution in [0.2, 0.25) is 0 Å². The summed E-state index contributed by atoms with van der Waals surface area (Å²) in [6, 6.07) is 15.0. The predicted molar refractivity (Wildman–Crippen MR) is 110 cm³/mol. The number of aliphatic hydroxyl groups is 1. The smallest absolute Gasteiger partial charge is 0.254 e. The lowest BCUT2D eigenvalue weighted by atomic mass is 10.1. The second kappa shape index (κ2) is 8.81. The third-order valence-electron chi connectivity index (χ3n) is 5.22. The number of rotatable bonds is 5. The maximum absolute atomic E-state index is 12.9. The van der Waals surface area contributed by atoms with Crippen LogP contribution in [0.25, 0.3) is 11.3 Å². The fraction of sp³-hybridized carbons (Fsp3) is 0.217. The van der Waals surface area contributed by atoms with Crippen LogP contribution in [0.15, 0.2) is 65.5 Å². The van der Waals surface area contributed by atoms with Crippen molar-refractivity contribution in [3.63, 3.8) is 0 Å². The molecule has 2 N–H and O–H groups in total. The first-order chi connectivity index (χ1) is 15.0. The van der Waals surface area contributed by atoms with E-state index in [4.69, 9.17) is 9.68 Å². The maximum atomic E-state index is 12.9. The van der Waals surface area contributed by atoms with Gasteiger partial charge in [-0.05, 0) is 23.8 Å². The molecule has 2 amide bonds. The van der Waals surface area contributed by atoms with Crippen molar-refractivity contribution in [1.29, 1.82) is 5.26 Å². The van der Waals surface area contributed by atoms with Crippen LogP contribution < -0.4 is 5.32 Å². The van der Waals surface area contributed by atoms with Crippen molar-refractivity contribution in [3.8, 4) is 17.4 Å². The molecule has 2 atom stereocenters. The lowest BCUT2D eigenvalue weighted by Gasteiger charge is -2.24. The molecular formula is C23H20N4O4. The normalized spacial score (nSPS) is 17.9. The molecule has 0 spiro atoms. The maximum Gasteiger partial charge on any atom is 0.254 e. The van der Waals surface area contributed by atoms with Gasteiger partial charge in [0.15, 0.2) is 12.2 Å². The molecule has 1 aliphatic rings. The number of nitrogens with zero attached hydrogens (tertiary/aromatic N) is 3. The van der Waals surface area contributed by atoms with Gasteiger partial charge in [-0.2, -0.15) is 5.26 Å². The lowest BCUT2D eigenvalue weighted by molar-refractivity contribution is -0.125. The average molecular weight is 416 g/mol.